The first kappa shape index (κ1) is 17.6. The Labute approximate surface area is 128 Å². The lowest BCUT2D eigenvalue weighted by Crippen LogP contribution is -2.43. The molecule has 21 heavy (non-hydrogen) atoms. The molecule has 0 radical (unpaired) electrons. The third kappa shape index (κ3) is 4.27. The summed E-state index contributed by atoms with van der Waals surface area (Å²) >= 11 is 5.84. The molecule has 1 aromatic heterocycles. The lowest BCUT2D eigenvalue weighted by Gasteiger charge is -2.22. The number of nitrogens with one attached hydrogen (secondary N) is 3. The zero-order chi connectivity index (χ0) is 16.3. The van der Waals surface area contributed by atoms with Crippen LogP contribution in [0.3, 0.4) is 0 Å². The smallest absolute Gasteiger partial charge is 0.242 e. The number of amides is 1. The van der Waals surface area contributed by atoms with Gasteiger partial charge in [0.05, 0.1) is 10.4 Å². The molecule has 10 heteroatoms. The Balaban J connectivity index is 2.92. The number of hydrazine groups is 1. The minimum Gasteiger partial charge on any atom is -0.359 e. The number of halogens is 1. The molecule has 0 aromatic carbocycles. The Morgan fingerprint density at radius 2 is 2.10 bits per heavy atom. The highest BCUT2D eigenvalue weighted by molar-refractivity contribution is 7.89. The van der Waals surface area contributed by atoms with E-state index in [2.05, 4.69) is 20.4 Å². The van der Waals surface area contributed by atoms with Crippen molar-refractivity contribution in [1.29, 1.82) is 0 Å². The molecule has 1 amide bonds. The number of pyridine rings is 1. The van der Waals surface area contributed by atoms with Crippen LogP contribution in [0.5, 0.6) is 0 Å². The van der Waals surface area contributed by atoms with E-state index < -0.39 is 15.4 Å². The molecule has 0 saturated heterocycles. The van der Waals surface area contributed by atoms with Crippen molar-refractivity contribution in [3.05, 3.63) is 17.3 Å². The second-order valence-electron chi connectivity index (χ2n) is 4.93. The van der Waals surface area contributed by atoms with Crippen LogP contribution in [0, 0.1) is 5.41 Å². The number of anilines is 1. The van der Waals surface area contributed by atoms with E-state index in [0.29, 0.717) is 0 Å². The molecule has 1 aromatic rings. The molecule has 0 bridgehead atoms. The van der Waals surface area contributed by atoms with Gasteiger partial charge in [-0.25, -0.2) is 24.0 Å². The first-order chi connectivity index (χ1) is 9.64. The fourth-order valence-corrected chi connectivity index (χ4v) is 2.92. The third-order valence-electron chi connectivity index (χ3n) is 2.81. The first-order valence-corrected chi connectivity index (χ1v) is 7.84. The van der Waals surface area contributed by atoms with Gasteiger partial charge < -0.3 is 10.7 Å². The standard InChI is InChI=1S/C11H18ClN5O3S/c1-11(2,10(18)14-3)6-16-21(19,20)7-4-8(12)9(17-13)15-5-7/h4-5,16H,6,13H2,1-3H3,(H,14,18)(H,15,17). The van der Waals surface area contributed by atoms with Gasteiger partial charge in [-0.2, -0.15) is 0 Å². The van der Waals surface area contributed by atoms with Gasteiger partial charge in [0.2, 0.25) is 15.9 Å². The van der Waals surface area contributed by atoms with Crippen LogP contribution in [0.25, 0.3) is 0 Å². The highest BCUT2D eigenvalue weighted by Gasteiger charge is 2.29. The SMILES string of the molecule is CNC(=O)C(C)(C)CNS(=O)(=O)c1cnc(NN)c(Cl)c1. The van der Waals surface area contributed by atoms with Crippen molar-refractivity contribution in [2.45, 2.75) is 18.7 Å². The summed E-state index contributed by atoms with van der Waals surface area (Å²) in [5, 5.41) is 2.55. The number of hydrogen-bond acceptors (Lipinski definition) is 6. The minimum atomic E-state index is -3.83. The first-order valence-electron chi connectivity index (χ1n) is 5.98. The van der Waals surface area contributed by atoms with E-state index in [4.69, 9.17) is 17.4 Å². The molecular weight excluding hydrogens is 318 g/mol. The van der Waals surface area contributed by atoms with E-state index in [1.165, 1.54) is 13.1 Å². The van der Waals surface area contributed by atoms with Gasteiger partial charge in [-0.1, -0.05) is 11.6 Å². The third-order valence-corrected chi connectivity index (χ3v) is 4.47. The summed E-state index contributed by atoms with van der Waals surface area (Å²) in [6.45, 7) is 3.19. The number of carbonyl (C=O) groups excluding carboxylic acids is 1. The second kappa shape index (κ2) is 6.56. The summed E-state index contributed by atoms with van der Waals surface area (Å²) in [6.07, 6.45) is 1.12. The Morgan fingerprint density at radius 3 is 2.57 bits per heavy atom. The summed E-state index contributed by atoms with van der Waals surface area (Å²) in [5.41, 5.74) is 1.35. The van der Waals surface area contributed by atoms with E-state index in [9.17, 15) is 13.2 Å². The second-order valence-corrected chi connectivity index (χ2v) is 7.11. The number of sulfonamides is 1. The van der Waals surface area contributed by atoms with E-state index >= 15 is 0 Å². The predicted molar refractivity (Wildman–Crippen MR) is 80.1 cm³/mol. The Kier molecular flexibility index (Phi) is 5.51. The molecule has 0 saturated carbocycles. The van der Waals surface area contributed by atoms with Gasteiger partial charge in [0.25, 0.3) is 0 Å². The molecule has 0 atom stereocenters. The normalized spacial score (nSPS) is 12.0. The number of rotatable bonds is 6. The molecule has 8 nitrogen and oxygen atoms in total. The van der Waals surface area contributed by atoms with Crippen LogP contribution < -0.4 is 21.3 Å². The fraction of sp³-hybridized carbons (Fsp3) is 0.455. The van der Waals surface area contributed by atoms with Gasteiger partial charge in [0.15, 0.2) is 5.82 Å². The average Bonchev–Trinajstić information content (AvgIpc) is 2.44. The van der Waals surface area contributed by atoms with Gasteiger partial charge in [-0.3, -0.25) is 4.79 Å². The van der Waals surface area contributed by atoms with Crippen molar-refractivity contribution in [2.75, 3.05) is 19.0 Å². The van der Waals surface area contributed by atoms with Gasteiger partial charge in [-0.05, 0) is 19.9 Å². The molecule has 1 rings (SSSR count). The van der Waals surface area contributed by atoms with Crippen molar-refractivity contribution in [3.8, 4) is 0 Å². The maximum atomic E-state index is 12.1. The summed E-state index contributed by atoms with van der Waals surface area (Å²) in [6, 6.07) is 1.22. The topological polar surface area (TPSA) is 126 Å². The number of nitrogen functional groups attached to an aromatic ring is 1. The number of hydrogen-bond donors (Lipinski definition) is 4. The minimum absolute atomic E-state index is 0.0660. The average molecular weight is 336 g/mol. The quantitative estimate of drug-likeness (QED) is 0.430. The van der Waals surface area contributed by atoms with E-state index in [1.807, 2.05) is 0 Å². The Morgan fingerprint density at radius 1 is 1.48 bits per heavy atom. The maximum absolute atomic E-state index is 12.1. The van der Waals surface area contributed by atoms with Crippen LogP contribution >= 0.6 is 11.6 Å². The Bertz CT molecular complexity index is 633. The summed E-state index contributed by atoms with van der Waals surface area (Å²) < 4.78 is 26.7. The van der Waals surface area contributed by atoms with Crippen LogP contribution in [0.15, 0.2) is 17.2 Å². The molecule has 118 valence electrons. The Hall–Kier alpha value is -1.42. The molecule has 5 N–H and O–H groups in total. The van der Waals surface area contributed by atoms with Crippen molar-refractivity contribution < 1.29 is 13.2 Å². The molecule has 1 heterocycles. The largest absolute Gasteiger partial charge is 0.359 e. The molecule has 0 spiro atoms. The lowest BCUT2D eigenvalue weighted by atomic mass is 9.93. The van der Waals surface area contributed by atoms with Crippen LogP contribution in [0.1, 0.15) is 13.8 Å². The van der Waals surface area contributed by atoms with Crippen molar-refractivity contribution in [1.82, 2.24) is 15.0 Å². The van der Waals surface area contributed by atoms with E-state index in [0.717, 1.165) is 6.20 Å². The maximum Gasteiger partial charge on any atom is 0.242 e. The van der Waals surface area contributed by atoms with Gasteiger partial charge in [0, 0.05) is 19.8 Å². The molecule has 0 unspecified atom stereocenters. The van der Waals surface area contributed by atoms with Crippen molar-refractivity contribution in [3.63, 3.8) is 0 Å². The molecule has 0 aliphatic rings. The number of carbonyl (C=O) groups is 1. The molecular formula is C11H18ClN5O3S. The number of nitrogens with two attached hydrogens (primary N) is 1. The van der Waals surface area contributed by atoms with Gasteiger partial charge in [-0.15, -0.1) is 0 Å². The van der Waals surface area contributed by atoms with Crippen molar-refractivity contribution in [2.24, 2.45) is 11.3 Å². The van der Waals surface area contributed by atoms with Gasteiger partial charge >= 0.3 is 0 Å². The number of nitrogens with zero attached hydrogens (tertiary/aromatic N) is 1. The summed E-state index contributed by atoms with van der Waals surface area (Å²) in [4.78, 5) is 15.3. The predicted octanol–water partition coefficient (Wildman–Crippen LogP) is 0.0711. The van der Waals surface area contributed by atoms with Crippen LogP contribution in [-0.4, -0.2) is 32.9 Å². The molecule has 0 aliphatic carbocycles. The monoisotopic (exact) mass is 335 g/mol. The van der Waals surface area contributed by atoms with Crippen LogP contribution in [0.2, 0.25) is 5.02 Å². The van der Waals surface area contributed by atoms with Crippen LogP contribution in [0.4, 0.5) is 5.82 Å². The highest BCUT2D eigenvalue weighted by atomic mass is 35.5. The zero-order valence-electron chi connectivity index (χ0n) is 11.9. The van der Waals surface area contributed by atoms with Crippen molar-refractivity contribution >= 4 is 33.3 Å². The highest BCUT2D eigenvalue weighted by Crippen LogP contribution is 2.22. The number of aromatic nitrogens is 1. The van der Waals surface area contributed by atoms with Crippen LogP contribution in [-0.2, 0) is 14.8 Å². The zero-order valence-corrected chi connectivity index (χ0v) is 13.5. The molecule has 0 aliphatic heterocycles. The van der Waals surface area contributed by atoms with E-state index in [-0.39, 0.29) is 28.2 Å². The lowest BCUT2D eigenvalue weighted by molar-refractivity contribution is -0.128. The summed E-state index contributed by atoms with van der Waals surface area (Å²) in [7, 11) is -2.34. The fourth-order valence-electron chi connectivity index (χ4n) is 1.45. The summed E-state index contributed by atoms with van der Waals surface area (Å²) in [5.74, 6) is 5.06. The van der Waals surface area contributed by atoms with Gasteiger partial charge in [0.1, 0.15) is 4.90 Å². The molecule has 0 fully saturated rings. The van der Waals surface area contributed by atoms with E-state index in [1.54, 1.807) is 13.8 Å².